The summed E-state index contributed by atoms with van der Waals surface area (Å²) >= 11 is 1.77. The Labute approximate surface area is 175 Å². The molecule has 0 bridgehead atoms. The smallest absolute Gasteiger partial charge is 0.314 e. The van der Waals surface area contributed by atoms with E-state index in [0.717, 1.165) is 59.7 Å². The van der Waals surface area contributed by atoms with Crippen LogP contribution in [0.15, 0.2) is 18.2 Å². The lowest BCUT2D eigenvalue weighted by molar-refractivity contribution is -0.136. The van der Waals surface area contributed by atoms with Crippen LogP contribution in [0.3, 0.4) is 0 Å². The molecule has 2 heterocycles. The van der Waals surface area contributed by atoms with Crippen molar-refractivity contribution >= 4 is 29.4 Å². The zero-order chi connectivity index (χ0) is 20.4. The Kier molecular flexibility index (Phi) is 5.94. The van der Waals surface area contributed by atoms with Crippen LogP contribution < -0.4 is 10.6 Å². The van der Waals surface area contributed by atoms with E-state index >= 15 is 0 Å². The molecule has 1 saturated carbocycles. The van der Waals surface area contributed by atoms with Gasteiger partial charge in [0.25, 0.3) is 0 Å². The minimum Gasteiger partial charge on any atom is -0.345 e. The molecule has 1 aliphatic heterocycles. The molecule has 1 aromatic carbocycles. The summed E-state index contributed by atoms with van der Waals surface area (Å²) in [6, 6.07) is 6.25. The number of thioether (sulfide) groups is 1. The van der Waals surface area contributed by atoms with E-state index in [4.69, 9.17) is 5.10 Å². The first-order valence-corrected chi connectivity index (χ1v) is 11.6. The first-order valence-electron chi connectivity index (χ1n) is 10.4. The van der Waals surface area contributed by atoms with Gasteiger partial charge in [0.2, 0.25) is 0 Å². The van der Waals surface area contributed by atoms with Crippen LogP contribution in [0, 0.1) is 13.8 Å². The highest BCUT2D eigenvalue weighted by Gasteiger charge is 2.27. The van der Waals surface area contributed by atoms with E-state index in [2.05, 4.69) is 23.6 Å². The summed E-state index contributed by atoms with van der Waals surface area (Å²) in [5.41, 5.74) is 5.18. The maximum atomic E-state index is 12.7. The van der Waals surface area contributed by atoms with Gasteiger partial charge in [0.15, 0.2) is 0 Å². The van der Waals surface area contributed by atoms with Crippen molar-refractivity contribution in [1.29, 1.82) is 0 Å². The Balaban J connectivity index is 1.56. The molecular formula is C22H28N4O2S. The van der Waals surface area contributed by atoms with Crippen molar-refractivity contribution in [1.82, 2.24) is 15.1 Å². The molecule has 2 N–H and O–H groups in total. The molecule has 0 unspecified atom stereocenters. The minimum atomic E-state index is -0.611. The van der Waals surface area contributed by atoms with Gasteiger partial charge in [-0.25, -0.2) is 4.68 Å². The van der Waals surface area contributed by atoms with Crippen LogP contribution in [-0.4, -0.2) is 27.6 Å². The second-order valence-electron chi connectivity index (χ2n) is 8.08. The summed E-state index contributed by atoms with van der Waals surface area (Å²) in [5, 5.41) is 10.5. The van der Waals surface area contributed by atoms with Gasteiger partial charge in [-0.15, -0.1) is 0 Å². The van der Waals surface area contributed by atoms with Crippen LogP contribution in [0.5, 0.6) is 0 Å². The van der Waals surface area contributed by atoms with Gasteiger partial charge in [-0.1, -0.05) is 43.4 Å². The number of carbonyl (C=O) groups excluding carboxylic acids is 2. The summed E-state index contributed by atoms with van der Waals surface area (Å²) in [6.07, 6.45) is 6.53. The standard InChI is InChI=1S/C22H28N4O2S/c1-14-9-10-19(15(2)11-14)26-20(17-12-29-13-18(17)25-26)24-22(28)21(27)23-16-7-5-3-4-6-8-16/h9-11,16H,3-8,12-13H2,1-2H3,(H,23,27)(H,24,28). The van der Waals surface area contributed by atoms with Crippen molar-refractivity contribution in [2.45, 2.75) is 69.9 Å². The molecule has 7 heteroatoms. The van der Waals surface area contributed by atoms with Crippen molar-refractivity contribution in [3.05, 3.63) is 40.6 Å². The Morgan fingerprint density at radius 1 is 1.07 bits per heavy atom. The number of aromatic nitrogens is 2. The molecule has 29 heavy (non-hydrogen) atoms. The lowest BCUT2D eigenvalue weighted by Crippen LogP contribution is -2.42. The third kappa shape index (κ3) is 4.34. The number of hydrogen-bond acceptors (Lipinski definition) is 4. The van der Waals surface area contributed by atoms with Crippen LogP contribution in [0.2, 0.25) is 0 Å². The summed E-state index contributed by atoms with van der Waals surface area (Å²) < 4.78 is 1.79. The van der Waals surface area contributed by atoms with Crippen LogP contribution in [0.4, 0.5) is 5.82 Å². The van der Waals surface area contributed by atoms with Gasteiger partial charge in [0, 0.05) is 23.1 Å². The molecular weight excluding hydrogens is 384 g/mol. The van der Waals surface area contributed by atoms with Crippen molar-refractivity contribution in [3.8, 4) is 5.69 Å². The molecule has 2 aliphatic rings. The number of anilines is 1. The fraction of sp³-hybridized carbons (Fsp3) is 0.500. The number of fused-ring (bicyclic) bond motifs is 1. The lowest BCUT2D eigenvalue weighted by atomic mass is 10.1. The molecule has 1 aliphatic carbocycles. The van der Waals surface area contributed by atoms with E-state index in [9.17, 15) is 9.59 Å². The highest BCUT2D eigenvalue weighted by Crippen LogP contribution is 2.36. The minimum absolute atomic E-state index is 0.0984. The van der Waals surface area contributed by atoms with Gasteiger partial charge in [0.05, 0.1) is 11.4 Å². The number of hydrogen-bond donors (Lipinski definition) is 2. The van der Waals surface area contributed by atoms with Gasteiger partial charge < -0.3 is 10.6 Å². The molecule has 1 aromatic heterocycles. The summed E-state index contributed by atoms with van der Waals surface area (Å²) in [5.74, 6) is 1.08. The summed E-state index contributed by atoms with van der Waals surface area (Å²) in [4.78, 5) is 25.3. The Bertz CT molecular complexity index is 929. The van der Waals surface area contributed by atoms with E-state index in [1.54, 1.807) is 16.4 Å². The van der Waals surface area contributed by atoms with E-state index in [1.165, 1.54) is 18.4 Å². The van der Waals surface area contributed by atoms with Gasteiger partial charge in [-0.2, -0.15) is 16.9 Å². The average molecular weight is 413 g/mol. The Hall–Kier alpha value is -2.28. The maximum absolute atomic E-state index is 12.7. The maximum Gasteiger partial charge on any atom is 0.314 e. The predicted octanol–water partition coefficient (Wildman–Crippen LogP) is 4.01. The van der Waals surface area contributed by atoms with Crippen LogP contribution >= 0.6 is 11.8 Å². The number of nitrogens with zero attached hydrogens (tertiary/aromatic N) is 2. The molecule has 1 fully saturated rings. The highest BCUT2D eigenvalue weighted by molar-refractivity contribution is 7.98. The van der Waals surface area contributed by atoms with Gasteiger partial charge in [-0.05, 0) is 38.3 Å². The third-order valence-electron chi connectivity index (χ3n) is 5.76. The fourth-order valence-corrected chi connectivity index (χ4v) is 5.23. The van der Waals surface area contributed by atoms with Gasteiger partial charge in [0.1, 0.15) is 5.82 Å². The monoisotopic (exact) mass is 412 g/mol. The van der Waals surface area contributed by atoms with Gasteiger partial charge >= 0.3 is 11.8 Å². The SMILES string of the molecule is Cc1ccc(-n2nc3c(c2NC(=O)C(=O)NC2CCCCCC2)CSC3)c(C)c1. The molecule has 0 saturated heterocycles. The molecule has 4 rings (SSSR count). The molecule has 0 atom stereocenters. The van der Waals surface area contributed by atoms with E-state index in [0.29, 0.717) is 5.82 Å². The van der Waals surface area contributed by atoms with Crippen molar-refractivity contribution in [2.24, 2.45) is 0 Å². The Morgan fingerprint density at radius 2 is 1.83 bits per heavy atom. The number of aryl methyl sites for hydroxylation is 2. The van der Waals surface area contributed by atoms with E-state index < -0.39 is 11.8 Å². The van der Waals surface area contributed by atoms with E-state index in [-0.39, 0.29) is 6.04 Å². The zero-order valence-electron chi connectivity index (χ0n) is 17.1. The highest BCUT2D eigenvalue weighted by atomic mass is 32.2. The molecule has 154 valence electrons. The predicted molar refractivity (Wildman–Crippen MR) is 116 cm³/mol. The fourth-order valence-electron chi connectivity index (χ4n) is 4.20. The normalized spacial score (nSPS) is 16.9. The second kappa shape index (κ2) is 8.61. The molecule has 2 amide bonds. The third-order valence-corrected chi connectivity index (χ3v) is 6.73. The van der Waals surface area contributed by atoms with Crippen LogP contribution in [-0.2, 0) is 21.1 Å². The summed E-state index contributed by atoms with van der Waals surface area (Å²) in [7, 11) is 0. The summed E-state index contributed by atoms with van der Waals surface area (Å²) in [6.45, 7) is 4.09. The number of amides is 2. The van der Waals surface area contributed by atoms with Crippen molar-refractivity contribution < 1.29 is 9.59 Å². The van der Waals surface area contributed by atoms with E-state index in [1.807, 2.05) is 19.1 Å². The second-order valence-corrected chi connectivity index (χ2v) is 9.07. The number of nitrogens with one attached hydrogen (secondary N) is 2. The number of carbonyl (C=O) groups is 2. The number of rotatable bonds is 3. The average Bonchev–Trinajstić information content (AvgIpc) is 3.16. The van der Waals surface area contributed by atoms with Crippen LogP contribution in [0.1, 0.15) is 60.9 Å². The molecule has 0 spiro atoms. The zero-order valence-corrected chi connectivity index (χ0v) is 17.9. The molecule has 2 aromatic rings. The first kappa shape index (κ1) is 20.0. The van der Waals surface area contributed by atoms with Crippen LogP contribution in [0.25, 0.3) is 5.69 Å². The van der Waals surface area contributed by atoms with Crippen molar-refractivity contribution in [3.63, 3.8) is 0 Å². The lowest BCUT2D eigenvalue weighted by Gasteiger charge is -2.17. The Morgan fingerprint density at radius 3 is 2.55 bits per heavy atom. The number of benzene rings is 1. The first-order chi connectivity index (χ1) is 14.0. The van der Waals surface area contributed by atoms with Gasteiger partial charge in [-0.3, -0.25) is 9.59 Å². The van der Waals surface area contributed by atoms with Crippen molar-refractivity contribution in [2.75, 3.05) is 5.32 Å². The largest absolute Gasteiger partial charge is 0.345 e. The quantitative estimate of drug-likeness (QED) is 0.590. The topological polar surface area (TPSA) is 76.0 Å². The molecule has 6 nitrogen and oxygen atoms in total. The molecule has 0 radical (unpaired) electrons.